The first-order valence-electron chi connectivity index (χ1n) is 10.1. The number of fused-ring (bicyclic) bond motifs is 1. The molecule has 2 atom stereocenters. The standard InChI is InChI=1S/C24H32O2S/c1-6-7-8-9-16(2)17(3)19-12-21(25)23-20(18-10-11-27-15-18)14-24(4,5)26-22(23)13-19/h10-17,25H,6-9H2,1-5H3. The molecule has 0 amide bonds. The van der Waals surface area contributed by atoms with Crippen molar-refractivity contribution in [1.29, 1.82) is 0 Å². The van der Waals surface area contributed by atoms with Crippen LogP contribution < -0.4 is 4.74 Å². The van der Waals surface area contributed by atoms with Crippen molar-refractivity contribution in [2.45, 2.75) is 71.8 Å². The zero-order valence-electron chi connectivity index (χ0n) is 17.2. The highest BCUT2D eigenvalue weighted by Gasteiger charge is 2.31. The molecule has 0 bridgehead atoms. The van der Waals surface area contributed by atoms with Crippen LogP contribution in [-0.4, -0.2) is 10.7 Å². The minimum Gasteiger partial charge on any atom is -0.507 e. The van der Waals surface area contributed by atoms with Crippen LogP contribution in [0.3, 0.4) is 0 Å². The minimum atomic E-state index is -0.398. The summed E-state index contributed by atoms with van der Waals surface area (Å²) in [7, 11) is 0. The molecule has 0 saturated carbocycles. The molecule has 3 heteroatoms. The summed E-state index contributed by atoms with van der Waals surface area (Å²) in [5.41, 5.74) is 3.79. The van der Waals surface area contributed by atoms with E-state index in [2.05, 4.69) is 63.6 Å². The van der Waals surface area contributed by atoms with E-state index in [0.29, 0.717) is 17.6 Å². The fourth-order valence-corrected chi connectivity index (χ4v) is 4.56. The maximum absolute atomic E-state index is 10.9. The Kier molecular flexibility index (Phi) is 6.00. The number of aromatic hydroxyl groups is 1. The van der Waals surface area contributed by atoms with E-state index in [0.717, 1.165) is 28.0 Å². The van der Waals surface area contributed by atoms with Crippen molar-refractivity contribution < 1.29 is 9.84 Å². The molecular formula is C24H32O2S. The third kappa shape index (κ3) is 4.40. The largest absolute Gasteiger partial charge is 0.507 e. The van der Waals surface area contributed by atoms with Crippen LogP contribution in [0.5, 0.6) is 11.5 Å². The molecule has 3 rings (SSSR count). The molecule has 0 saturated heterocycles. The second kappa shape index (κ2) is 8.10. The lowest BCUT2D eigenvalue weighted by Gasteiger charge is -2.32. The third-order valence-corrected chi connectivity index (χ3v) is 6.40. The fourth-order valence-electron chi connectivity index (χ4n) is 3.91. The van der Waals surface area contributed by atoms with Crippen LogP contribution in [0, 0.1) is 5.92 Å². The van der Waals surface area contributed by atoms with Crippen LogP contribution in [0.25, 0.3) is 5.57 Å². The molecule has 0 spiro atoms. The first-order valence-corrected chi connectivity index (χ1v) is 11.1. The van der Waals surface area contributed by atoms with E-state index in [9.17, 15) is 5.11 Å². The average molecular weight is 385 g/mol. The van der Waals surface area contributed by atoms with Crippen LogP contribution in [0.4, 0.5) is 0 Å². The maximum Gasteiger partial charge on any atom is 0.132 e. The number of ether oxygens (including phenoxy) is 1. The average Bonchev–Trinajstić information content (AvgIpc) is 3.13. The second-order valence-electron chi connectivity index (χ2n) is 8.45. The number of unbranched alkanes of at least 4 members (excludes halogenated alkanes) is 2. The molecule has 1 aromatic carbocycles. The van der Waals surface area contributed by atoms with Gasteiger partial charge in [0, 0.05) is 0 Å². The quantitative estimate of drug-likeness (QED) is 0.505. The predicted molar refractivity (Wildman–Crippen MR) is 116 cm³/mol. The first kappa shape index (κ1) is 20.0. The summed E-state index contributed by atoms with van der Waals surface area (Å²) in [5, 5.41) is 15.1. The van der Waals surface area contributed by atoms with E-state index >= 15 is 0 Å². The number of phenols is 1. The summed E-state index contributed by atoms with van der Waals surface area (Å²) in [4.78, 5) is 0. The van der Waals surface area contributed by atoms with Gasteiger partial charge in [-0.15, -0.1) is 0 Å². The van der Waals surface area contributed by atoms with Gasteiger partial charge < -0.3 is 9.84 Å². The van der Waals surface area contributed by atoms with Gasteiger partial charge in [0.05, 0.1) is 5.56 Å². The smallest absolute Gasteiger partial charge is 0.132 e. The van der Waals surface area contributed by atoms with Crippen molar-refractivity contribution in [3.63, 3.8) is 0 Å². The highest BCUT2D eigenvalue weighted by molar-refractivity contribution is 7.08. The van der Waals surface area contributed by atoms with E-state index in [-0.39, 0.29) is 0 Å². The predicted octanol–water partition coefficient (Wildman–Crippen LogP) is 7.38. The van der Waals surface area contributed by atoms with E-state index in [1.165, 1.54) is 25.7 Å². The molecule has 146 valence electrons. The lowest BCUT2D eigenvalue weighted by atomic mass is 9.83. The zero-order valence-corrected chi connectivity index (χ0v) is 18.0. The van der Waals surface area contributed by atoms with Crippen molar-refractivity contribution in [2.24, 2.45) is 5.92 Å². The Labute approximate surface area is 167 Å². The Morgan fingerprint density at radius 2 is 1.96 bits per heavy atom. The molecule has 2 unspecified atom stereocenters. The fraction of sp³-hybridized carbons (Fsp3) is 0.500. The molecule has 1 aromatic heterocycles. The molecule has 2 nitrogen and oxygen atoms in total. The van der Waals surface area contributed by atoms with Crippen molar-refractivity contribution in [1.82, 2.24) is 0 Å². The van der Waals surface area contributed by atoms with Gasteiger partial charge in [-0.2, -0.15) is 11.3 Å². The van der Waals surface area contributed by atoms with Gasteiger partial charge in [0.2, 0.25) is 0 Å². The Balaban J connectivity index is 1.95. The molecule has 1 N–H and O–H groups in total. The highest BCUT2D eigenvalue weighted by Crippen LogP contribution is 2.46. The highest BCUT2D eigenvalue weighted by atomic mass is 32.1. The SMILES string of the molecule is CCCCCC(C)C(C)c1cc(O)c2c(c1)OC(C)(C)C=C2c1ccsc1. The summed E-state index contributed by atoms with van der Waals surface area (Å²) in [6.45, 7) is 11.0. The van der Waals surface area contributed by atoms with Gasteiger partial charge in [0.25, 0.3) is 0 Å². The molecular weight excluding hydrogens is 352 g/mol. The van der Waals surface area contributed by atoms with E-state index in [1.807, 2.05) is 6.07 Å². The number of phenolic OH excluding ortho intramolecular Hbond substituents is 1. The zero-order chi connectivity index (χ0) is 19.6. The topological polar surface area (TPSA) is 29.5 Å². The molecule has 1 aliphatic heterocycles. The van der Waals surface area contributed by atoms with E-state index in [1.54, 1.807) is 11.3 Å². The minimum absolute atomic E-state index is 0.322. The Morgan fingerprint density at radius 1 is 1.19 bits per heavy atom. The van der Waals surface area contributed by atoms with Gasteiger partial charge >= 0.3 is 0 Å². The van der Waals surface area contributed by atoms with Crippen molar-refractivity contribution in [3.8, 4) is 11.5 Å². The van der Waals surface area contributed by atoms with Crippen LogP contribution in [0.2, 0.25) is 0 Å². The number of hydrogen-bond acceptors (Lipinski definition) is 3. The monoisotopic (exact) mass is 384 g/mol. The van der Waals surface area contributed by atoms with Crippen molar-refractivity contribution in [3.05, 3.63) is 51.7 Å². The van der Waals surface area contributed by atoms with Crippen LogP contribution in [0.1, 0.15) is 82.9 Å². The van der Waals surface area contributed by atoms with Gasteiger partial charge in [-0.05, 0) is 77.4 Å². The summed E-state index contributed by atoms with van der Waals surface area (Å²) < 4.78 is 6.26. The first-order chi connectivity index (χ1) is 12.8. The van der Waals surface area contributed by atoms with Gasteiger partial charge in [-0.3, -0.25) is 0 Å². The molecule has 0 aliphatic carbocycles. The van der Waals surface area contributed by atoms with Crippen LogP contribution in [-0.2, 0) is 0 Å². The number of rotatable bonds is 7. The summed E-state index contributed by atoms with van der Waals surface area (Å²) in [6, 6.07) is 6.20. The molecule has 1 aliphatic rings. The Bertz CT molecular complexity index is 802. The van der Waals surface area contributed by atoms with Crippen LogP contribution in [0.15, 0.2) is 35.0 Å². The van der Waals surface area contributed by atoms with Gasteiger partial charge in [-0.25, -0.2) is 0 Å². The molecule has 2 heterocycles. The lowest BCUT2D eigenvalue weighted by molar-refractivity contribution is 0.157. The summed E-state index contributed by atoms with van der Waals surface area (Å²) in [6.07, 6.45) is 7.15. The van der Waals surface area contributed by atoms with Crippen LogP contribution >= 0.6 is 11.3 Å². The second-order valence-corrected chi connectivity index (χ2v) is 9.23. The Hall–Kier alpha value is -1.74. The third-order valence-electron chi connectivity index (χ3n) is 5.71. The van der Waals surface area contributed by atoms with E-state index < -0.39 is 5.60 Å². The van der Waals surface area contributed by atoms with Crippen molar-refractivity contribution in [2.75, 3.05) is 0 Å². The summed E-state index contributed by atoms with van der Waals surface area (Å²) in [5.74, 6) is 2.09. The van der Waals surface area contributed by atoms with Gasteiger partial charge in [0.15, 0.2) is 0 Å². The number of hydrogen-bond donors (Lipinski definition) is 1. The maximum atomic E-state index is 10.9. The Morgan fingerprint density at radius 3 is 2.63 bits per heavy atom. The van der Waals surface area contributed by atoms with Gasteiger partial charge in [0.1, 0.15) is 17.1 Å². The molecule has 2 aromatic rings. The number of thiophene rings is 1. The lowest BCUT2D eigenvalue weighted by Crippen LogP contribution is -2.29. The van der Waals surface area contributed by atoms with Gasteiger partial charge in [-0.1, -0.05) is 46.5 Å². The summed E-state index contributed by atoms with van der Waals surface area (Å²) >= 11 is 1.67. The van der Waals surface area contributed by atoms with Crippen molar-refractivity contribution >= 4 is 16.9 Å². The normalized spacial score (nSPS) is 17.6. The molecule has 0 radical (unpaired) electrons. The number of benzene rings is 1. The molecule has 0 fully saturated rings. The molecule has 27 heavy (non-hydrogen) atoms. The van der Waals surface area contributed by atoms with E-state index in [4.69, 9.17) is 4.74 Å².